The molecule has 0 N–H and O–H groups in total. The first-order valence-corrected chi connectivity index (χ1v) is 29.1. The SMILES string of the molecule is C1=Cc2c(c3ccc4c(c5ccccc5n4-c4ccccc4)c3n2-c2cccc(-c3cccc(-c4cccc(-c5cccc(-c6cccc(N7c8ccccc8C8c9c(c%10c(n9-c9ccccc9)CCC=C%10)C=CC87)c6)c5)c4)c3)c2)CC1. The van der Waals surface area contributed by atoms with E-state index in [1.54, 1.807) is 0 Å². The van der Waals surface area contributed by atoms with Crippen LogP contribution in [0.15, 0.2) is 261 Å². The van der Waals surface area contributed by atoms with E-state index in [1.165, 1.54) is 145 Å². The molecule has 0 radical (unpaired) electrons. The van der Waals surface area contributed by atoms with E-state index in [9.17, 15) is 0 Å². The van der Waals surface area contributed by atoms with Crippen molar-refractivity contribution < 1.29 is 0 Å². The molecule has 4 heteroatoms. The normalized spacial score (nSPS) is 15.7. The lowest BCUT2D eigenvalue weighted by molar-refractivity contribution is 0.680. The van der Waals surface area contributed by atoms with Crippen LogP contribution in [0.5, 0.6) is 0 Å². The number of aromatic nitrogens is 3. The van der Waals surface area contributed by atoms with Gasteiger partial charge in [0.1, 0.15) is 0 Å². The number of nitrogens with zero attached hydrogens (tertiary/aromatic N) is 4. The first kappa shape index (κ1) is 46.7. The average Bonchev–Trinajstić information content (AvgIpc) is 2.72. The van der Waals surface area contributed by atoms with Crippen molar-refractivity contribution in [3.63, 3.8) is 0 Å². The van der Waals surface area contributed by atoms with Crippen molar-refractivity contribution in [2.24, 2.45) is 0 Å². The van der Waals surface area contributed by atoms with Gasteiger partial charge in [-0.2, -0.15) is 0 Å². The Morgan fingerprint density at radius 1 is 0.366 bits per heavy atom. The predicted molar refractivity (Wildman–Crippen MR) is 343 cm³/mol. The van der Waals surface area contributed by atoms with Gasteiger partial charge < -0.3 is 18.6 Å². The molecule has 17 rings (SSSR count). The van der Waals surface area contributed by atoms with E-state index in [-0.39, 0.29) is 12.0 Å². The summed E-state index contributed by atoms with van der Waals surface area (Å²) >= 11 is 0. The van der Waals surface area contributed by atoms with E-state index >= 15 is 0 Å². The Labute approximate surface area is 477 Å². The number of para-hydroxylation sites is 4. The molecule has 0 saturated heterocycles. The summed E-state index contributed by atoms with van der Waals surface area (Å²) in [5.74, 6) is 0.182. The van der Waals surface area contributed by atoms with Gasteiger partial charge in [-0.3, -0.25) is 0 Å². The average molecular weight is 1050 g/mol. The highest BCUT2D eigenvalue weighted by atomic mass is 15.2. The van der Waals surface area contributed by atoms with E-state index in [1.807, 2.05) is 0 Å². The van der Waals surface area contributed by atoms with Crippen molar-refractivity contribution in [3.8, 4) is 61.6 Å². The second-order valence-corrected chi connectivity index (χ2v) is 22.6. The molecule has 2 unspecified atom stereocenters. The Kier molecular flexibility index (Phi) is 10.7. The third-order valence-corrected chi connectivity index (χ3v) is 18.1. The largest absolute Gasteiger partial charge is 0.333 e. The van der Waals surface area contributed by atoms with Gasteiger partial charge in [0, 0.05) is 72.8 Å². The topological polar surface area (TPSA) is 18.0 Å². The van der Waals surface area contributed by atoms with Gasteiger partial charge >= 0.3 is 0 Å². The maximum atomic E-state index is 2.60. The minimum atomic E-state index is 0.133. The number of anilines is 2. The quantitative estimate of drug-likeness (QED) is 0.148. The smallest absolute Gasteiger partial charge is 0.0650 e. The summed E-state index contributed by atoms with van der Waals surface area (Å²) in [6, 6.07) is 90.3. The van der Waals surface area contributed by atoms with Crippen LogP contribution in [0.3, 0.4) is 0 Å². The fourth-order valence-electron chi connectivity index (χ4n) is 14.6. The van der Waals surface area contributed by atoms with Crippen LogP contribution in [-0.2, 0) is 12.8 Å². The van der Waals surface area contributed by atoms with Gasteiger partial charge in [-0.15, -0.1) is 0 Å². The number of benzene rings is 10. The summed E-state index contributed by atoms with van der Waals surface area (Å²) in [5.41, 5.74) is 29.0. The highest BCUT2D eigenvalue weighted by Gasteiger charge is 2.44. The maximum Gasteiger partial charge on any atom is 0.0650 e. The lowest BCUT2D eigenvalue weighted by atomic mass is 9.84. The van der Waals surface area contributed by atoms with E-state index < -0.39 is 0 Å². The second kappa shape index (κ2) is 18.7. The molecule has 2 atom stereocenters. The molecule has 0 amide bonds. The lowest BCUT2D eigenvalue weighted by Crippen LogP contribution is -2.31. The molecular weight excluding hydrogens is 993 g/mol. The minimum absolute atomic E-state index is 0.133. The number of hydrogen-bond donors (Lipinski definition) is 0. The van der Waals surface area contributed by atoms with Crippen LogP contribution in [0.2, 0.25) is 0 Å². The Morgan fingerprint density at radius 2 is 0.915 bits per heavy atom. The van der Waals surface area contributed by atoms with Crippen LogP contribution in [0.4, 0.5) is 11.4 Å². The zero-order chi connectivity index (χ0) is 53.8. The Hall–Kier alpha value is -10.2. The summed E-state index contributed by atoms with van der Waals surface area (Å²) < 4.78 is 7.58. The molecule has 4 heterocycles. The van der Waals surface area contributed by atoms with E-state index in [0.717, 1.165) is 25.7 Å². The lowest BCUT2D eigenvalue weighted by Gasteiger charge is -2.32. The molecule has 82 heavy (non-hydrogen) atoms. The maximum absolute atomic E-state index is 2.60. The Balaban J connectivity index is 0.702. The number of fused-ring (bicyclic) bond motifs is 14. The third-order valence-electron chi connectivity index (χ3n) is 18.1. The first-order chi connectivity index (χ1) is 40.7. The van der Waals surface area contributed by atoms with Crippen molar-refractivity contribution >= 4 is 62.3 Å². The summed E-state index contributed by atoms with van der Waals surface area (Å²) in [7, 11) is 0. The van der Waals surface area contributed by atoms with Crippen LogP contribution >= 0.6 is 0 Å². The summed E-state index contributed by atoms with van der Waals surface area (Å²) in [6.45, 7) is 0. The van der Waals surface area contributed by atoms with Crippen molar-refractivity contribution in [1.82, 2.24) is 13.7 Å². The molecule has 0 spiro atoms. The molecule has 4 aliphatic rings. The van der Waals surface area contributed by atoms with Gasteiger partial charge in [0.25, 0.3) is 0 Å². The van der Waals surface area contributed by atoms with Crippen LogP contribution in [0, 0.1) is 0 Å². The van der Waals surface area contributed by atoms with E-state index in [0.29, 0.717) is 0 Å². The van der Waals surface area contributed by atoms with Crippen LogP contribution in [0.25, 0.3) is 113 Å². The first-order valence-electron chi connectivity index (χ1n) is 29.1. The molecule has 4 nitrogen and oxygen atoms in total. The molecule has 388 valence electrons. The fraction of sp³-hybridized carbons (Fsp3) is 0.0769. The van der Waals surface area contributed by atoms with Gasteiger partial charge in [0.2, 0.25) is 0 Å². The molecule has 10 aromatic carbocycles. The molecule has 3 aromatic heterocycles. The zero-order valence-corrected chi connectivity index (χ0v) is 45.3. The monoisotopic (exact) mass is 1050 g/mol. The number of rotatable bonds is 8. The van der Waals surface area contributed by atoms with Crippen molar-refractivity contribution in [2.45, 2.75) is 37.6 Å². The highest BCUT2D eigenvalue weighted by molar-refractivity contribution is 6.22. The number of aryl methyl sites for hydroxylation is 1. The van der Waals surface area contributed by atoms with Gasteiger partial charge in [0.15, 0.2) is 0 Å². The molecule has 3 aliphatic carbocycles. The zero-order valence-electron chi connectivity index (χ0n) is 45.3. The third kappa shape index (κ3) is 7.24. The fourth-order valence-corrected chi connectivity index (χ4v) is 14.6. The van der Waals surface area contributed by atoms with E-state index in [4.69, 9.17) is 0 Å². The molecular formula is C78H56N4. The number of hydrogen-bond acceptors (Lipinski definition) is 1. The highest BCUT2D eigenvalue weighted by Crippen LogP contribution is 2.54. The standard InChI is InChI=1S/C78H56N4/c1-3-28-59(29-4-1)79-71-40-13-9-36-67(71)75-73(79)44-42-66-64-35-8-12-39-70(64)82(78(66)75)62-33-19-27-58(50-62)56-25-17-23-54(48-56)52-21-15-20-51(46-52)53-22-16-24-55(47-53)57-26-18-32-61(49-57)80-72-41-14-10-37-68(72)76-74(80)45-43-65-63-34-7-11-38-69(63)81(77(65)76)60-30-5-2-6-31-60/h1-7,9-10,12-34,36-37,39-50,74,76H,8,11,35,38H2. The van der Waals surface area contributed by atoms with E-state index in [2.05, 4.69) is 298 Å². The van der Waals surface area contributed by atoms with Crippen molar-refractivity contribution in [1.29, 1.82) is 0 Å². The molecule has 0 fully saturated rings. The number of allylic oxidation sites excluding steroid dienone is 2. The predicted octanol–water partition coefficient (Wildman–Crippen LogP) is 19.8. The second-order valence-electron chi connectivity index (χ2n) is 22.6. The van der Waals surface area contributed by atoms with Gasteiger partial charge in [-0.05, 0) is 172 Å². The van der Waals surface area contributed by atoms with Crippen LogP contribution < -0.4 is 4.90 Å². The van der Waals surface area contributed by atoms with Crippen LogP contribution in [0.1, 0.15) is 58.1 Å². The molecule has 0 bridgehead atoms. The summed E-state index contributed by atoms with van der Waals surface area (Å²) in [6.07, 6.45) is 18.5. The molecule has 13 aromatic rings. The van der Waals surface area contributed by atoms with Gasteiger partial charge in [-0.1, -0.05) is 188 Å². The summed E-state index contributed by atoms with van der Waals surface area (Å²) in [4.78, 5) is 2.59. The van der Waals surface area contributed by atoms with Crippen LogP contribution in [-0.4, -0.2) is 19.7 Å². The van der Waals surface area contributed by atoms with Gasteiger partial charge in [-0.25, -0.2) is 0 Å². The molecule has 1 aliphatic heterocycles. The Morgan fingerprint density at radius 3 is 1.61 bits per heavy atom. The van der Waals surface area contributed by atoms with Crippen molar-refractivity contribution in [2.75, 3.05) is 4.90 Å². The Bertz CT molecular complexity index is 4830. The van der Waals surface area contributed by atoms with Crippen molar-refractivity contribution in [3.05, 3.63) is 300 Å². The molecule has 0 saturated carbocycles. The summed E-state index contributed by atoms with van der Waals surface area (Å²) in [5, 5.41) is 3.89. The minimum Gasteiger partial charge on any atom is -0.333 e. The van der Waals surface area contributed by atoms with Gasteiger partial charge in [0.05, 0.1) is 28.5 Å².